The molecule has 3 heterocycles. The summed E-state index contributed by atoms with van der Waals surface area (Å²) in [4.78, 5) is 20.8. The monoisotopic (exact) mass is 394 g/mol. The minimum atomic E-state index is -0.327. The Morgan fingerprint density at radius 1 is 1.31 bits per heavy atom. The van der Waals surface area contributed by atoms with Crippen molar-refractivity contribution in [2.24, 2.45) is 0 Å². The van der Waals surface area contributed by atoms with E-state index < -0.39 is 0 Å². The van der Waals surface area contributed by atoms with E-state index in [1.54, 1.807) is 12.4 Å². The molecule has 8 nitrogen and oxygen atoms in total. The molecule has 0 aliphatic heterocycles. The van der Waals surface area contributed by atoms with E-state index in [0.29, 0.717) is 11.6 Å². The predicted molar refractivity (Wildman–Crippen MR) is 111 cm³/mol. The van der Waals surface area contributed by atoms with Gasteiger partial charge in [0.25, 0.3) is 0 Å². The van der Waals surface area contributed by atoms with Gasteiger partial charge in [-0.15, -0.1) is 0 Å². The van der Waals surface area contributed by atoms with Crippen molar-refractivity contribution in [1.29, 1.82) is 0 Å². The first-order chi connectivity index (χ1) is 14.1. The Balaban J connectivity index is 1.38. The molecule has 8 heteroatoms. The largest absolute Gasteiger partial charge is 0.446 e. The minimum absolute atomic E-state index is 0.0623. The first kappa shape index (κ1) is 19.2. The average molecular weight is 394 g/mol. The third kappa shape index (κ3) is 4.47. The van der Waals surface area contributed by atoms with Gasteiger partial charge >= 0.3 is 6.09 Å². The number of H-pyrrole nitrogens is 1. The summed E-state index contributed by atoms with van der Waals surface area (Å²) in [5, 5.41) is 14.6. The lowest BCUT2D eigenvalue weighted by molar-refractivity contribution is 0.0974. The molecule has 0 saturated heterocycles. The summed E-state index contributed by atoms with van der Waals surface area (Å²) in [5.41, 5.74) is 1.84. The van der Waals surface area contributed by atoms with Crippen LogP contribution < -0.4 is 10.6 Å². The van der Waals surface area contributed by atoms with Crippen LogP contribution in [0.1, 0.15) is 51.1 Å². The SMILES string of the molecule is CCC(C)NC(=O)O[C@@H]1CC[C@H](c2cc(Nc3nccc4cccnc34)n[nH]2)C1. The van der Waals surface area contributed by atoms with Crippen LogP contribution in [-0.4, -0.2) is 38.4 Å². The van der Waals surface area contributed by atoms with Crippen LogP contribution in [0.15, 0.2) is 36.7 Å². The van der Waals surface area contributed by atoms with Crippen LogP contribution >= 0.6 is 0 Å². The summed E-state index contributed by atoms with van der Waals surface area (Å²) in [6, 6.07) is 7.95. The van der Waals surface area contributed by atoms with Gasteiger partial charge in [-0.3, -0.25) is 10.1 Å². The van der Waals surface area contributed by atoms with Gasteiger partial charge in [-0.2, -0.15) is 5.10 Å². The third-order valence-corrected chi connectivity index (χ3v) is 5.44. The first-order valence-corrected chi connectivity index (χ1v) is 10.1. The van der Waals surface area contributed by atoms with Crippen LogP contribution in [0.5, 0.6) is 0 Å². The van der Waals surface area contributed by atoms with E-state index in [2.05, 4.69) is 30.8 Å². The molecule has 4 rings (SSSR count). The van der Waals surface area contributed by atoms with Crippen molar-refractivity contribution in [3.63, 3.8) is 0 Å². The second-order valence-corrected chi connectivity index (χ2v) is 7.56. The number of carbonyl (C=O) groups is 1. The number of hydrogen-bond acceptors (Lipinski definition) is 6. The predicted octanol–water partition coefficient (Wildman–Crippen LogP) is 4.26. The fourth-order valence-corrected chi connectivity index (χ4v) is 3.64. The Bertz CT molecular complexity index is 983. The molecule has 0 bridgehead atoms. The maximum atomic E-state index is 11.9. The van der Waals surface area contributed by atoms with Gasteiger partial charge in [0.15, 0.2) is 11.6 Å². The lowest BCUT2D eigenvalue weighted by Crippen LogP contribution is -2.34. The second kappa shape index (κ2) is 8.46. The van der Waals surface area contributed by atoms with Crippen molar-refractivity contribution in [2.45, 2.75) is 57.6 Å². The number of aromatic nitrogens is 4. The molecule has 1 saturated carbocycles. The Morgan fingerprint density at radius 2 is 2.21 bits per heavy atom. The topological polar surface area (TPSA) is 105 Å². The maximum absolute atomic E-state index is 11.9. The number of pyridine rings is 2. The van der Waals surface area contributed by atoms with Crippen molar-refractivity contribution in [3.05, 3.63) is 42.4 Å². The van der Waals surface area contributed by atoms with E-state index in [0.717, 1.165) is 42.3 Å². The van der Waals surface area contributed by atoms with Gasteiger partial charge in [0.1, 0.15) is 11.6 Å². The number of hydrogen-bond donors (Lipinski definition) is 3. The molecule has 3 atom stereocenters. The molecular weight excluding hydrogens is 368 g/mol. The van der Waals surface area contributed by atoms with Gasteiger partial charge in [0.2, 0.25) is 0 Å². The molecule has 0 aromatic carbocycles. The van der Waals surface area contributed by atoms with Gasteiger partial charge in [0, 0.05) is 41.5 Å². The summed E-state index contributed by atoms with van der Waals surface area (Å²) < 4.78 is 5.57. The van der Waals surface area contributed by atoms with E-state index in [9.17, 15) is 4.79 Å². The molecule has 1 aliphatic carbocycles. The lowest BCUT2D eigenvalue weighted by atomic mass is 10.0. The standard InChI is InChI=1S/C21H26N6O2/c1-3-13(2)24-21(28)29-16-7-6-15(11-16)17-12-18(27-26-17)25-20-19-14(8-10-23-20)5-4-9-22-19/h4-5,8-10,12-13,15-16H,3,6-7,11H2,1-2H3,(H,24,28)(H2,23,25,26,27)/t13?,15-,16+/m0/s1. The first-order valence-electron chi connectivity index (χ1n) is 10.1. The van der Waals surface area contributed by atoms with Crippen molar-refractivity contribution in [3.8, 4) is 0 Å². The zero-order valence-corrected chi connectivity index (χ0v) is 16.7. The highest BCUT2D eigenvalue weighted by molar-refractivity contribution is 5.89. The van der Waals surface area contributed by atoms with Crippen LogP contribution in [0.25, 0.3) is 10.9 Å². The zero-order valence-electron chi connectivity index (χ0n) is 16.7. The summed E-state index contributed by atoms with van der Waals surface area (Å²) in [6.07, 6.45) is 6.60. The maximum Gasteiger partial charge on any atom is 0.407 e. The van der Waals surface area contributed by atoms with Crippen LogP contribution in [0, 0.1) is 0 Å². The lowest BCUT2D eigenvalue weighted by Gasteiger charge is -2.16. The summed E-state index contributed by atoms with van der Waals surface area (Å²) in [7, 11) is 0. The smallest absolute Gasteiger partial charge is 0.407 e. The molecule has 152 valence electrons. The quantitative estimate of drug-likeness (QED) is 0.577. The Hall–Kier alpha value is -3.16. The van der Waals surface area contributed by atoms with Crippen molar-refractivity contribution >= 4 is 28.6 Å². The molecule has 1 aliphatic rings. The molecule has 29 heavy (non-hydrogen) atoms. The molecule has 0 spiro atoms. The van der Waals surface area contributed by atoms with E-state index >= 15 is 0 Å². The third-order valence-electron chi connectivity index (χ3n) is 5.44. The van der Waals surface area contributed by atoms with Gasteiger partial charge in [-0.25, -0.2) is 9.78 Å². The second-order valence-electron chi connectivity index (χ2n) is 7.56. The molecule has 3 N–H and O–H groups in total. The minimum Gasteiger partial charge on any atom is -0.446 e. The number of carbonyl (C=O) groups excluding carboxylic acids is 1. The molecule has 0 radical (unpaired) electrons. The molecule has 1 amide bonds. The number of amides is 1. The number of rotatable bonds is 6. The Morgan fingerprint density at radius 3 is 3.07 bits per heavy atom. The van der Waals surface area contributed by atoms with Crippen LogP contribution in [0.4, 0.5) is 16.4 Å². The van der Waals surface area contributed by atoms with Gasteiger partial charge in [-0.05, 0) is 44.7 Å². The van der Waals surface area contributed by atoms with Crippen LogP contribution in [0.2, 0.25) is 0 Å². The molecule has 1 unspecified atom stereocenters. The Kier molecular flexibility index (Phi) is 5.59. The van der Waals surface area contributed by atoms with E-state index in [4.69, 9.17) is 4.74 Å². The number of aromatic amines is 1. The number of nitrogens with one attached hydrogen (secondary N) is 3. The summed E-state index contributed by atoms with van der Waals surface area (Å²) in [5.74, 6) is 1.66. The summed E-state index contributed by atoms with van der Waals surface area (Å²) >= 11 is 0. The average Bonchev–Trinajstić information content (AvgIpc) is 3.37. The van der Waals surface area contributed by atoms with E-state index in [-0.39, 0.29) is 24.2 Å². The normalized spacial score (nSPS) is 19.8. The molecule has 3 aromatic heterocycles. The number of ether oxygens (including phenoxy) is 1. The van der Waals surface area contributed by atoms with Gasteiger partial charge < -0.3 is 15.4 Å². The van der Waals surface area contributed by atoms with Crippen molar-refractivity contribution in [1.82, 2.24) is 25.5 Å². The van der Waals surface area contributed by atoms with Gasteiger partial charge in [0.05, 0.1) is 0 Å². The number of anilines is 2. The zero-order chi connectivity index (χ0) is 20.2. The van der Waals surface area contributed by atoms with E-state index in [1.165, 1.54) is 0 Å². The van der Waals surface area contributed by atoms with Crippen molar-refractivity contribution in [2.75, 3.05) is 5.32 Å². The number of nitrogens with zero attached hydrogens (tertiary/aromatic N) is 3. The highest BCUT2D eigenvalue weighted by Crippen LogP contribution is 2.36. The highest BCUT2D eigenvalue weighted by atomic mass is 16.6. The molecular formula is C21H26N6O2. The summed E-state index contributed by atoms with van der Waals surface area (Å²) in [6.45, 7) is 4.00. The van der Waals surface area contributed by atoms with Gasteiger partial charge in [-0.1, -0.05) is 13.0 Å². The molecule has 3 aromatic rings. The number of fused-ring (bicyclic) bond motifs is 1. The van der Waals surface area contributed by atoms with Crippen LogP contribution in [0.3, 0.4) is 0 Å². The van der Waals surface area contributed by atoms with Crippen LogP contribution in [-0.2, 0) is 4.74 Å². The Labute approximate surface area is 169 Å². The molecule has 1 fully saturated rings. The fourth-order valence-electron chi connectivity index (χ4n) is 3.64. The highest BCUT2D eigenvalue weighted by Gasteiger charge is 2.30. The fraction of sp³-hybridized carbons (Fsp3) is 0.429. The van der Waals surface area contributed by atoms with Crippen molar-refractivity contribution < 1.29 is 9.53 Å². The van der Waals surface area contributed by atoms with E-state index in [1.807, 2.05) is 38.1 Å². The number of alkyl carbamates (subject to hydrolysis) is 1.